The second-order valence-electron chi connectivity index (χ2n) is 7.30. The first-order valence-corrected chi connectivity index (χ1v) is 10.4. The molecule has 0 aliphatic carbocycles. The smallest absolute Gasteiger partial charge is 0.347 e. The number of aliphatic imine (C=N–C) groups is 1. The summed E-state index contributed by atoms with van der Waals surface area (Å²) in [6.45, 7) is 7.93. The number of hydrogen-bond acceptors (Lipinski definition) is 5. The molecule has 0 saturated carbocycles. The number of esters is 2. The third-order valence-electron chi connectivity index (χ3n) is 4.31. The van der Waals surface area contributed by atoms with Gasteiger partial charge in [0.2, 0.25) is 0 Å². The number of unbranched alkanes of at least 4 members (excludes halogenated alkanes) is 7. The zero-order valence-electron chi connectivity index (χ0n) is 17.8. The number of benzene rings is 1. The highest BCUT2D eigenvalue weighted by molar-refractivity contribution is 5.92. The summed E-state index contributed by atoms with van der Waals surface area (Å²) in [7, 11) is 0. The van der Waals surface area contributed by atoms with Crippen molar-refractivity contribution in [3.8, 4) is 0 Å². The lowest BCUT2D eigenvalue weighted by Crippen LogP contribution is -2.26. The Bertz CT molecular complexity index is 618. The summed E-state index contributed by atoms with van der Waals surface area (Å²) in [6.07, 6.45) is 8.56. The Morgan fingerprint density at radius 1 is 0.929 bits per heavy atom. The van der Waals surface area contributed by atoms with Crippen LogP contribution in [-0.2, 0) is 14.3 Å². The third-order valence-corrected chi connectivity index (χ3v) is 4.31. The molecule has 1 aromatic carbocycles. The molecule has 5 nitrogen and oxygen atoms in total. The second kappa shape index (κ2) is 13.9. The van der Waals surface area contributed by atoms with Gasteiger partial charge >= 0.3 is 11.9 Å². The summed E-state index contributed by atoms with van der Waals surface area (Å²) in [4.78, 5) is 28.4. The quantitative estimate of drug-likeness (QED) is 0.235. The Kier molecular flexibility index (Phi) is 11.9. The molecule has 1 aromatic rings. The standard InChI is InChI=1S/C23H35NO4/c1-5-6-7-8-9-10-11-12-17-27-22(25)19(4)28-23(26)20-13-15-21(16-14-20)24-18(2)3/h13-16,19H,5-12,17H2,1-4H3/t19-/m0/s1. The van der Waals surface area contributed by atoms with Crippen LogP contribution in [0.4, 0.5) is 5.69 Å². The van der Waals surface area contributed by atoms with E-state index in [-0.39, 0.29) is 0 Å². The SMILES string of the molecule is CCCCCCCCCCOC(=O)[C@H](C)OC(=O)c1ccc(N=C(C)C)cc1. The largest absolute Gasteiger partial charge is 0.463 e. The first kappa shape index (κ1) is 23.9. The molecule has 0 saturated heterocycles. The summed E-state index contributed by atoms with van der Waals surface area (Å²) in [5, 5.41) is 0. The number of carbonyl (C=O) groups is 2. The van der Waals surface area contributed by atoms with Gasteiger partial charge in [-0.15, -0.1) is 0 Å². The van der Waals surface area contributed by atoms with Crippen molar-refractivity contribution >= 4 is 23.3 Å². The zero-order chi connectivity index (χ0) is 20.8. The fraction of sp³-hybridized carbons (Fsp3) is 0.609. The summed E-state index contributed by atoms with van der Waals surface area (Å²) < 4.78 is 10.4. The van der Waals surface area contributed by atoms with Crippen LogP contribution in [0.25, 0.3) is 0 Å². The highest BCUT2D eigenvalue weighted by Crippen LogP contribution is 2.15. The van der Waals surface area contributed by atoms with Gasteiger partial charge in [-0.2, -0.15) is 0 Å². The van der Waals surface area contributed by atoms with Crippen LogP contribution in [-0.4, -0.2) is 30.4 Å². The molecule has 0 aliphatic heterocycles. The molecule has 5 heteroatoms. The normalized spacial score (nSPS) is 11.6. The van der Waals surface area contributed by atoms with Gasteiger partial charge in [-0.05, 0) is 51.5 Å². The molecular weight excluding hydrogens is 354 g/mol. The molecule has 0 unspecified atom stereocenters. The van der Waals surface area contributed by atoms with Crippen molar-refractivity contribution < 1.29 is 19.1 Å². The highest BCUT2D eigenvalue weighted by Gasteiger charge is 2.20. The van der Waals surface area contributed by atoms with Gasteiger partial charge in [-0.3, -0.25) is 4.99 Å². The fourth-order valence-electron chi connectivity index (χ4n) is 2.73. The molecule has 0 aliphatic rings. The van der Waals surface area contributed by atoms with Gasteiger partial charge < -0.3 is 9.47 Å². The van der Waals surface area contributed by atoms with E-state index in [9.17, 15) is 9.59 Å². The maximum Gasteiger partial charge on any atom is 0.347 e. The van der Waals surface area contributed by atoms with Gasteiger partial charge in [0.15, 0.2) is 6.10 Å². The van der Waals surface area contributed by atoms with Crippen molar-refractivity contribution in [2.24, 2.45) is 4.99 Å². The molecule has 0 aromatic heterocycles. The van der Waals surface area contributed by atoms with Crippen molar-refractivity contribution in [3.63, 3.8) is 0 Å². The topological polar surface area (TPSA) is 65.0 Å². The lowest BCUT2D eigenvalue weighted by molar-refractivity contribution is -0.153. The highest BCUT2D eigenvalue weighted by atomic mass is 16.6. The van der Waals surface area contributed by atoms with E-state index in [0.717, 1.165) is 24.2 Å². The second-order valence-corrected chi connectivity index (χ2v) is 7.30. The summed E-state index contributed by atoms with van der Waals surface area (Å²) in [5.74, 6) is -1.04. The van der Waals surface area contributed by atoms with E-state index in [4.69, 9.17) is 9.47 Å². The molecular formula is C23H35NO4. The Hall–Kier alpha value is -2.17. The van der Waals surface area contributed by atoms with E-state index < -0.39 is 18.0 Å². The lowest BCUT2D eigenvalue weighted by atomic mass is 10.1. The van der Waals surface area contributed by atoms with Crippen LogP contribution in [0.5, 0.6) is 0 Å². The number of carbonyl (C=O) groups excluding carboxylic acids is 2. The van der Waals surface area contributed by atoms with E-state index in [2.05, 4.69) is 11.9 Å². The Labute approximate surface area is 169 Å². The number of hydrogen-bond donors (Lipinski definition) is 0. The van der Waals surface area contributed by atoms with Crippen LogP contribution >= 0.6 is 0 Å². The maximum atomic E-state index is 12.2. The molecule has 0 amide bonds. The van der Waals surface area contributed by atoms with Gasteiger partial charge in [-0.1, -0.05) is 51.9 Å². The average Bonchev–Trinajstić information content (AvgIpc) is 2.66. The van der Waals surface area contributed by atoms with E-state index in [1.807, 2.05) is 13.8 Å². The minimum Gasteiger partial charge on any atom is -0.463 e. The molecule has 1 atom stereocenters. The number of nitrogens with zero attached hydrogens (tertiary/aromatic N) is 1. The van der Waals surface area contributed by atoms with Gasteiger partial charge in [0.25, 0.3) is 0 Å². The molecule has 1 rings (SSSR count). The van der Waals surface area contributed by atoms with E-state index >= 15 is 0 Å². The predicted molar refractivity (Wildman–Crippen MR) is 113 cm³/mol. The first-order valence-electron chi connectivity index (χ1n) is 10.4. The Balaban J connectivity index is 2.24. The fourth-order valence-corrected chi connectivity index (χ4v) is 2.73. The third kappa shape index (κ3) is 10.2. The molecule has 0 spiro atoms. The van der Waals surface area contributed by atoms with Crippen LogP contribution in [0.2, 0.25) is 0 Å². The van der Waals surface area contributed by atoms with Crippen molar-refractivity contribution in [1.29, 1.82) is 0 Å². The van der Waals surface area contributed by atoms with Crippen LogP contribution in [0, 0.1) is 0 Å². The Morgan fingerprint density at radius 2 is 1.50 bits per heavy atom. The molecule has 0 fully saturated rings. The van der Waals surface area contributed by atoms with Gasteiger partial charge in [-0.25, -0.2) is 9.59 Å². The van der Waals surface area contributed by atoms with Crippen molar-refractivity contribution in [2.75, 3.05) is 6.61 Å². The van der Waals surface area contributed by atoms with Crippen LogP contribution in [0.1, 0.15) is 89.4 Å². The maximum absolute atomic E-state index is 12.2. The van der Waals surface area contributed by atoms with Crippen LogP contribution in [0.3, 0.4) is 0 Å². The van der Waals surface area contributed by atoms with Gasteiger partial charge in [0.05, 0.1) is 17.9 Å². The molecule has 156 valence electrons. The lowest BCUT2D eigenvalue weighted by Gasteiger charge is -2.13. The van der Waals surface area contributed by atoms with Crippen molar-refractivity contribution in [1.82, 2.24) is 0 Å². The molecule has 0 radical (unpaired) electrons. The Morgan fingerprint density at radius 3 is 2.07 bits per heavy atom. The van der Waals surface area contributed by atoms with Crippen LogP contribution in [0.15, 0.2) is 29.3 Å². The zero-order valence-corrected chi connectivity index (χ0v) is 17.8. The molecule has 0 N–H and O–H groups in total. The van der Waals surface area contributed by atoms with E-state index in [0.29, 0.717) is 12.2 Å². The first-order chi connectivity index (χ1) is 13.4. The molecule has 28 heavy (non-hydrogen) atoms. The summed E-state index contributed by atoms with van der Waals surface area (Å²) >= 11 is 0. The number of ether oxygens (including phenoxy) is 2. The van der Waals surface area contributed by atoms with Gasteiger partial charge in [0.1, 0.15) is 0 Å². The minimum absolute atomic E-state index is 0.374. The van der Waals surface area contributed by atoms with Crippen molar-refractivity contribution in [2.45, 2.75) is 85.2 Å². The van der Waals surface area contributed by atoms with E-state index in [1.165, 1.54) is 45.4 Å². The van der Waals surface area contributed by atoms with Crippen LogP contribution < -0.4 is 0 Å². The summed E-state index contributed by atoms with van der Waals surface area (Å²) in [6, 6.07) is 6.77. The molecule has 0 heterocycles. The summed E-state index contributed by atoms with van der Waals surface area (Å²) in [5.41, 5.74) is 2.09. The monoisotopic (exact) mass is 389 g/mol. The van der Waals surface area contributed by atoms with Gasteiger partial charge in [0, 0.05) is 5.71 Å². The number of rotatable bonds is 13. The molecule has 0 bridgehead atoms. The minimum atomic E-state index is -0.919. The predicted octanol–water partition coefficient (Wildman–Crippen LogP) is 6.03. The van der Waals surface area contributed by atoms with E-state index in [1.54, 1.807) is 24.3 Å². The average molecular weight is 390 g/mol. The van der Waals surface area contributed by atoms with Crippen molar-refractivity contribution in [3.05, 3.63) is 29.8 Å².